The molecule has 0 aromatic carbocycles. The Balaban J connectivity index is 1.69. The van der Waals surface area contributed by atoms with Crippen LogP contribution in [0.25, 0.3) is 0 Å². The number of aromatic nitrogens is 2. The zero-order valence-corrected chi connectivity index (χ0v) is 11.9. The summed E-state index contributed by atoms with van der Waals surface area (Å²) in [7, 11) is 1.51. The number of anilines is 2. The van der Waals surface area contributed by atoms with Gasteiger partial charge in [0, 0.05) is 19.7 Å². The molecule has 1 aromatic rings. The summed E-state index contributed by atoms with van der Waals surface area (Å²) in [5.74, 6) is 2.34. The summed E-state index contributed by atoms with van der Waals surface area (Å²) < 4.78 is 38.4. The van der Waals surface area contributed by atoms with E-state index in [1.54, 1.807) is 0 Å². The van der Waals surface area contributed by atoms with Gasteiger partial charge in [-0.05, 0) is 37.0 Å². The quantitative estimate of drug-likeness (QED) is 0.895. The molecule has 0 spiro atoms. The number of alkyl halides is 3. The molecule has 2 N–H and O–H groups in total. The first kappa shape index (κ1) is 14.4. The summed E-state index contributed by atoms with van der Waals surface area (Å²) in [6, 6.07) is 0.980. The van der Waals surface area contributed by atoms with E-state index in [4.69, 9.17) is 0 Å². The molecule has 3 unspecified atom stereocenters. The summed E-state index contributed by atoms with van der Waals surface area (Å²) >= 11 is 0. The summed E-state index contributed by atoms with van der Waals surface area (Å²) in [6.07, 6.45) is 0.587. The van der Waals surface area contributed by atoms with E-state index < -0.39 is 11.9 Å². The molecule has 4 nitrogen and oxygen atoms in total. The summed E-state index contributed by atoms with van der Waals surface area (Å²) in [4.78, 5) is 7.51. The Labute approximate surface area is 121 Å². The lowest BCUT2D eigenvalue weighted by atomic mass is 9.89. The van der Waals surface area contributed by atoms with Crippen molar-refractivity contribution in [1.29, 1.82) is 0 Å². The number of hydrogen-bond acceptors (Lipinski definition) is 4. The van der Waals surface area contributed by atoms with E-state index in [9.17, 15) is 13.2 Å². The molecule has 3 rings (SSSR count). The van der Waals surface area contributed by atoms with Crippen LogP contribution in [0.5, 0.6) is 0 Å². The second-order valence-corrected chi connectivity index (χ2v) is 6.03. The molecular formula is C14H19F3N4. The van der Waals surface area contributed by atoms with E-state index in [-0.39, 0.29) is 11.8 Å². The molecule has 2 aliphatic carbocycles. The number of nitrogens with zero attached hydrogens (tertiary/aromatic N) is 2. The first-order valence-corrected chi connectivity index (χ1v) is 7.33. The highest BCUT2D eigenvalue weighted by molar-refractivity contribution is 5.43. The van der Waals surface area contributed by atoms with Crippen LogP contribution in [0.3, 0.4) is 0 Å². The lowest BCUT2D eigenvalue weighted by Gasteiger charge is -2.22. The van der Waals surface area contributed by atoms with Crippen LogP contribution >= 0.6 is 0 Å². The minimum absolute atomic E-state index is 0.0136. The maximum atomic E-state index is 12.8. The minimum atomic E-state index is -4.46. The monoisotopic (exact) mass is 300 g/mol. The van der Waals surface area contributed by atoms with E-state index in [2.05, 4.69) is 20.6 Å². The lowest BCUT2D eigenvalue weighted by Crippen LogP contribution is -2.21. The van der Waals surface area contributed by atoms with Crippen LogP contribution < -0.4 is 10.6 Å². The maximum Gasteiger partial charge on any atom is 0.433 e. The molecule has 2 saturated carbocycles. The van der Waals surface area contributed by atoms with Crippen LogP contribution in [0.2, 0.25) is 0 Å². The first-order valence-electron chi connectivity index (χ1n) is 7.33. The third-order valence-electron chi connectivity index (χ3n) is 4.67. The van der Waals surface area contributed by atoms with Crippen LogP contribution in [0.15, 0.2) is 6.07 Å². The van der Waals surface area contributed by atoms with Gasteiger partial charge in [0.2, 0.25) is 5.95 Å². The van der Waals surface area contributed by atoms with Crippen molar-refractivity contribution in [2.45, 2.75) is 31.9 Å². The van der Waals surface area contributed by atoms with Crippen molar-refractivity contribution in [1.82, 2.24) is 9.97 Å². The molecule has 21 heavy (non-hydrogen) atoms. The highest BCUT2D eigenvalue weighted by Crippen LogP contribution is 2.48. The smallest absolute Gasteiger partial charge is 0.370 e. The van der Waals surface area contributed by atoms with E-state index in [0.29, 0.717) is 12.5 Å². The Kier molecular flexibility index (Phi) is 3.67. The summed E-state index contributed by atoms with van der Waals surface area (Å²) in [5, 5.41) is 5.64. The standard InChI is InChI=1S/C14H19F3N4/c1-18-13-20-11(14(15,16)17)6-12(21-13)19-7-10-5-8-2-3-9(10)4-8/h6,8-10H,2-5,7H2,1H3,(H2,18,19,20,21). The predicted octanol–water partition coefficient (Wildman–Crippen LogP) is 3.39. The Morgan fingerprint density at radius 2 is 2.05 bits per heavy atom. The average molecular weight is 300 g/mol. The third-order valence-corrected chi connectivity index (χ3v) is 4.67. The van der Waals surface area contributed by atoms with Crippen LogP contribution in [0.4, 0.5) is 24.9 Å². The summed E-state index contributed by atoms with van der Waals surface area (Å²) in [6.45, 7) is 0.693. The average Bonchev–Trinajstić information content (AvgIpc) is 3.06. The van der Waals surface area contributed by atoms with Crippen LogP contribution in [-0.2, 0) is 6.18 Å². The molecular weight excluding hydrogens is 281 g/mol. The van der Waals surface area contributed by atoms with Crippen molar-refractivity contribution in [3.8, 4) is 0 Å². The molecule has 1 heterocycles. The van der Waals surface area contributed by atoms with Crippen molar-refractivity contribution < 1.29 is 13.2 Å². The Bertz CT molecular complexity index is 517. The molecule has 0 amide bonds. The molecule has 0 radical (unpaired) electrons. The van der Waals surface area contributed by atoms with E-state index in [1.807, 2.05) is 0 Å². The Morgan fingerprint density at radius 1 is 1.24 bits per heavy atom. The molecule has 1 aromatic heterocycles. The van der Waals surface area contributed by atoms with Gasteiger partial charge in [0.25, 0.3) is 0 Å². The van der Waals surface area contributed by atoms with Gasteiger partial charge in [0.15, 0.2) is 5.69 Å². The molecule has 116 valence electrons. The highest BCUT2D eigenvalue weighted by atomic mass is 19.4. The SMILES string of the molecule is CNc1nc(NCC2CC3CCC2C3)cc(C(F)(F)F)n1. The zero-order valence-electron chi connectivity index (χ0n) is 11.9. The minimum Gasteiger partial charge on any atom is -0.370 e. The van der Waals surface area contributed by atoms with Crippen LogP contribution in [0, 0.1) is 17.8 Å². The fourth-order valence-corrected chi connectivity index (χ4v) is 3.66. The molecule has 7 heteroatoms. The zero-order chi connectivity index (χ0) is 15.0. The molecule has 2 bridgehead atoms. The summed E-state index contributed by atoms with van der Waals surface area (Å²) in [5.41, 5.74) is -0.919. The predicted molar refractivity (Wildman–Crippen MR) is 74.0 cm³/mol. The van der Waals surface area contributed by atoms with Crippen LogP contribution in [0.1, 0.15) is 31.4 Å². The third kappa shape index (κ3) is 3.06. The van der Waals surface area contributed by atoms with Crippen molar-refractivity contribution in [3.05, 3.63) is 11.8 Å². The highest BCUT2D eigenvalue weighted by Gasteiger charge is 2.39. The number of halogens is 3. The fourth-order valence-electron chi connectivity index (χ4n) is 3.66. The van der Waals surface area contributed by atoms with Gasteiger partial charge < -0.3 is 10.6 Å². The van der Waals surface area contributed by atoms with Gasteiger partial charge in [-0.1, -0.05) is 6.42 Å². The molecule has 2 aliphatic rings. The number of rotatable bonds is 4. The fraction of sp³-hybridized carbons (Fsp3) is 0.714. The van der Waals surface area contributed by atoms with Gasteiger partial charge in [0.05, 0.1) is 0 Å². The Hall–Kier alpha value is -1.53. The normalized spacial score (nSPS) is 27.9. The van der Waals surface area contributed by atoms with Crippen molar-refractivity contribution in [2.24, 2.45) is 17.8 Å². The lowest BCUT2D eigenvalue weighted by molar-refractivity contribution is -0.141. The van der Waals surface area contributed by atoms with Crippen molar-refractivity contribution in [2.75, 3.05) is 24.2 Å². The number of fused-ring (bicyclic) bond motifs is 2. The van der Waals surface area contributed by atoms with Gasteiger partial charge in [-0.25, -0.2) is 4.98 Å². The topological polar surface area (TPSA) is 49.8 Å². The molecule has 2 fully saturated rings. The number of nitrogens with one attached hydrogen (secondary N) is 2. The van der Waals surface area contributed by atoms with Gasteiger partial charge in [-0.2, -0.15) is 18.2 Å². The second-order valence-electron chi connectivity index (χ2n) is 6.03. The molecule has 0 saturated heterocycles. The Morgan fingerprint density at radius 3 is 2.62 bits per heavy atom. The molecule has 0 aliphatic heterocycles. The maximum absolute atomic E-state index is 12.8. The number of hydrogen-bond donors (Lipinski definition) is 2. The van der Waals surface area contributed by atoms with Gasteiger partial charge in [-0.3, -0.25) is 0 Å². The van der Waals surface area contributed by atoms with Gasteiger partial charge in [-0.15, -0.1) is 0 Å². The molecule has 3 atom stereocenters. The van der Waals surface area contributed by atoms with Gasteiger partial charge >= 0.3 is 6.18 Å². The van der Waals surface area contributed by atoms with E-state index in [0.717, 1.165) is 17.9 Å². The van der Waals surface area contributed by atoms with E-state index in [1.165, 1.54) is 32.7 Å². The van der Waals surface area contributed by atoms with Crippen molar-refractivity contribution in [3.63, 3.8) is 0 Å². The first-order chi connectivity index (χ1) is 9.95. The van der Waals surface area contributed by atoms with E-state index >= 15 is 0 Å². The second kappa shape index (κ2) is 5.35. The van der Waals surface area contributed by atoms with Crippen molar-refractivity contribution >= 4 is 11.8 Å². The van der Waals surface area contributed by atoms with Crippen LogP contribution in [-0.4, -0.2) is 23.6 Å². The largest absolute Gasteiger partial charge is 0.433 e. The van der Waals surface area contributed by atoms with Gasteiger partial charge in [0.1, 0.15) is 5.82 Å².